The predicted octanol–water partition coefficient (Wildman–Crippen LogP) is 1.66. The Bertz CT molecular complexity index is 312. The summed E-state index contributed by atoms with van der Waals surface area (Å²) in [6.07, 6.45) is 4.23. The Labute approximate surface area is 88.9 Å². The van der Waals surface area contributed by atoms with Crippen molar-refractivity contribution in [2.24, 2.45) is 5.73 Å². The molecule has 1 aliphatic carbocycles. The topological polar surface area (TPSA) is 42.1 Å². The van der Waals surface area contributed by atoms with Crippen LogP contribution in [0.15, 0.2) is 18.3 Å². The van der Waals surface area contributed by atoms with E-state index in [9.17, 15) is 0 Å². The molecular formula is C10H14ClN3. The number of nitrogens with two attached hydrogens (primary N) is 1. The predicted molar refractivity (Wildman–Crippen MR) is 58.7 cm³/mol. The molecule has 1 aromatic heterocycles. The second kappa shape index (κ2) is 4.15. The Kier molecular flexibility index (Phi) is 2.89. The maximum Gasteiger partial charge on any atom is 0.147 e. The molecule has 0 aromatic carbocycles. The highest BCUT2D eigenvalue weighted by Gasteiger charge is 2.30. The van der Waals surface area contributed by atoms with E-state index in [1.165, 1.54) is 12.8 Å². The van der Waals surface area contributed by atoms with E-state index in [-0.39, 0.29) is 0 Å². The summed E-state index contributed by atoms with van der Waals surface area (Å²) < 4.78 is 0. The lowest BCUT2D eigenvalue weighted by atomic mass is 10.4. The summed E-state index contributed by atoms with van der Waals surface area (Å²) in [6, 6.07) is 4.32. The number of rotatable bonds is 4. The first kappa shape index (κ1) is 9.74. The van der Waals surface area contributed by atoms with Gasteiger partial charge in [-0.2, -0.15) is 0 Å². The van der Waals surface area contributed by atoms with Crippen LogP contribution in [0.4, 0.5) is 5.82 Å². The van der Waals surface area contributed by atoms with Crippen molar-refractivity contribution in [2.75, 3.05) is 18.0 Å². The van der Waals surface area contributed by atoms with E-state index in [1.54, 1.807) is 6.20 Å². The average molecular weight is 212 g/mol. The van der Waals surface area contributed by atoms with Crippen molar-refractivity contribution in [3.05, 3.63) is 23.4 Å². The van der Waals surface area contributed by atoms with Crippen molar-refractivity contribution in [3.8, 4) is 0 Å². The van der Waals surface area contributed by atoms with Crippen LogP contribution < -0.4 is 10.6 Å². The number of anilines is 1. The first-order valence-corrected chi connectivity index (χ1v) is 5.28. The summed E-state index contributed by atoms with van der Waals surface area (Å²) >= 11 is 6.08. The lowest BCUT2D eigenvalue weighted by molar-refractivity contribution is 0.771. The Morgan fingerprint density at radius 3 is 2.93 bits per heavy atom. The van der Waals surface area contributed by atoms with Crippen molar-refractivity contribution >= 4 is 17.4 Å². The summed E-state index contributed by atoms with van der Waals surface area (Å²) in [5.74, 6) is 0.877. The van der Waals surface area contributed by atoms with E-state index in [4.69, 9.17) is 17.3 Å². The molecule has 3 nitrogen and oxygen atoms in total. The van der Waals surface area contributed by atoms with Gasteiger partial charge in [0.2, 0.25) is 0 Å². The highest BCUT2D eigenvalue weighted by atomic mass is 35.5. The largest absolute Gasteiger partial charge is 0.351 e. The first-order chi connectivity index (χ1) is 6.83. The summed E-state index contributed by atoms with van der Waals surface area (Å²) in [5.41, 5.74) is 5.57. The number of pyridine rings is 1. The molecule has 14 heavy (non-hydrogen) atoms. The zero-order chi connectivity index (χ0) is 9.97. The van der Waals surface area contributed by atoms with E-state index in [2.05, 4.69) is 9.88 Å². The monoisotopic (exact) mass is 211 g/mol. The fourth-order valence-electron chi connectivity index (χ4n) is 1.58. The van der Waals surface area contributed by atoms with Crippen molar-refractivity contribution < 1.29 is 0 Å². The van der Waals surface area contributed by atoms with Crippen LogP contribution >= 0.6 is 11.6 Å². The number of aromatic nitrogens is 1. The van der Waals surface area contributed by atoms with E-state index in [1.807, 2.05) is 12.1 Å². The van der Waals surface area contributed by atoms with Gasteiger partial charge >= 0.3 is 0 Å². The molecule has 0 saturated heterocycles. The smallest absolute Gasteiger partial charge is 0.147 e. The van der Waals surface area contributed by atoms with Gasteiger partial charge in [-0.25, -0.2) is 4.98 Å². The summed E-state index contributed by atoms with van der Waals surface area (Å²) in [5, 5.41) is 0.716. The minimum absolute atomic E-state index is 0.603. The molecule has 0 bridgehead atoms. The molecule has 2 rings (SSSR count). The molecule has 1 heterocycles. The second-order valence-corrected chi connectivity index (χ2v) is 3.93. The fraction of sp³-hybridized carbons (Fsp3) is 0.500. The number of halogens is 1. The van der Waals surface area contributed by atoms with Crippen LogP contribution in [-0.4, -0.2) is 24.1 Å². The van der Waals surface area contributed by atoms with Crippen LogP contribution in [-0.2, 0) is 0 Å². The molecule has 0 amide bonds. The first-order valence-electron chi connectivity index (χ1n) is 4.90. The fourth-order valence-corrected chi connectivity index (χ4v) is 1.81. The van der Waals surface area contributed by atoms with Gasteiger partial charge in [0.15, 0.2) is 0 Å². The molecule has 1 aliphatic rings. The third kappa shape index (κ3) is 1.99. The second-order valence-electron chi connectivity index (χ2n) is 3.52. The lowest BCUT2D eigenvalue weighted by Crippen LogP contribution is -2.32. The minimum atomic E-state index is 0.603. The molecule has 0 radical (unpaired) electrons. The van der Waals surface area contributed by atoms with Gasteiger partial charge in [0, 0.05) is 25.3 Å². The van der Waals surface area contributed by atoms with Crippen molar-refractivity contribution in [1.82, 2.24) is 4.98 Å². The maximum absolute atomic E-state index is 6.08. The highest BCUT2D eigenvalue weighted by molar-refractivity contribution is 6.32. The quantitative estimate of drug-likeness (QED) is 0.824. The SMILES string of the molecule is NCCN(c1ncccc1Cl)C1CC1. The van der Waals surface area contributed by atoms with Crippen LogP contribution in [0.25, 0.3) is 0 Å². The molecule has 0 unspecified atom stereocenters. The normalized spacial score (nSPS) is 15.6. The molecule has 0 spiro atoms. The van der Waals surface area contributed by atoms with E-state index in [0.717, 1.165) is 12.4 Å². The molecule has 4 heteroatoms. The third-order valence-electron chi connectivity index (χ3n) is 2.37. The summed E-state index contributed by atoms with van der Waals surface area (Å²) in [7, 11) is 0. The van der Waals surface area contributed by atoms with E-state index in [0.29, 0.717) is 17.6 Å². The zero-order valence-corrected chi connectivity index (χ0v) is 8.74. The van der Waals surface area contributed by atoms with Crippen LogP contribution in [0.3, 0.4) is 0 Å². The molecule has 1 aromatic rings. The van der Waals surface area contributed by atoms with Crippen molar-refractivity contribution in [2.45, 2.75) is 18.9 Å². The van der Waals surface area contributed by atoms with Gasteiger partial charge in [-0.15, -0.1) is 0 Å². The Balaban J connectivity index is 2.21. The number of nitrogens with zero attached hydrogens (tertiary/aromatic N) is 2. The molecule has 1 saturated carbocycles. The van der Waals surface area contributed by atoms with E-state index < -0.39 is 0 Å². The number of hydrogen-bond acceptors (Lipinski definition) is 3. The van der Waals surface area contributed by atoms with Crippen LogP contribution in [0.2, 0.25) is 5.02 Å². The maximum atomic E-state index is 6.08. The molecule has 2 N–H and O–H groups in total. The van der Waals surface area contributed by atoms with Gasteiger partial charge in [-0.1, -0.05) is 11.6 Å². The van der Waals surface area contributed by atoms with Gasteiger partial charge in [0.25, 0.3) is 0 Å². The molecule has 1 fully saturated rings. The van der Waals surface area contributed by atoms with E-state index >= 15 is 0 Å². The third-order valence-corrected chi connectivity index (χ3v) is 2.66. The Morgan fingerprint density at radius 1 is 1.57 bits per heavy atom. The van der Waals surface area contributed by atoms with Crippen LogP contribution in [0, 0.1) is 0 Å². The van der Waals surface area contributed by atoms with Gasteiger partial charge in [0.05, 0.1) is 5.02 Å². The van der Waals surface area contributed by atoms with Gasteiger partial charge in [-0.05, 0) is 25.0 Å². The Hall–Kier alpha value is -0.800. The number of hydrogen-bond donors (Lipinski definition) is 1. The lowest BCUT2D eigenvalue weighted by Gasteiger charge is -2.23. The molecule has 0 aliphatic heterocycles. The van der Waals surface area contributed by atoms with Crippen LogP contribution in [0.5, 0.6) is 0 Å². The zero-order valence-electron chi connectivity index (χ0n) is 7.99. The van der Waals surface area contributed by atoms with Crippen LogP contribution in [0.1, 0.15) is 12.8 Å². The van der Waals surface area contributed by atoms with Gasteiger partial charge < -0.3 is 10.6 Å². The summed E-state index contributed by atoms with van der Waals surface area (Å²) in [6.45, 7) is 1.48. The van der Waals surface area contributed by atoms with Crippen molar-refractivity contribution in [1.29, 1.82) is 0 Å². The van der Waals surface area contributed by atoms with Gasteiger partial charge in [0.1, 0.15) is 5.82 Å². The highest BCUT2D eigenvalue weighted by Crippen LogP contribution is 2.33. The standard InChI is InChI=1S/C10H14ClN3/c11-9-2-1-6-13-10(9)14(7-5-12)8-3-4-8/h1-2,6,8H,3-5,7,12H2. The molecule has 76 valence electrons. The Morgan fingerprint density at radius 2 is 2.36 bits per heavy atom. The minimum Gasteiger partial charge on any atom is -0.351 e. The van der Waals surface area contributed by atoms with Crippen molar-refractivity contribution in [3.63, 3.8) is 0 Å². The average Bonchev–Trinajstić information content (AvgIpc) is 2.99. The molecule has 0 atom stereocenters. The van der Waals surface area contributed by atoms with Gasteiger partial charge in [-0.3, -0.25) is 0 Å². The summed E-state index contributed by atoms with van der Waals surface area (Å²) in [4.78, 5) is 6.51. The molecular weight excluding hydrogens is 198 g/mol.